The highest BCUT2D eigenvalue weighted by Gasteiger charge is 2.30. The van der Waals surface area contributed by atoms with Crippen LogP contribution in [-0.2, 0) is 16.1 Å². The molecule has 0 bridgehead atoms. The highest BCUT2D eigenvalue weighted by molar-refractivity contribution is 7.99. The fourth-order valence-corrected chi connectivity index (χ4v) is 3.00. The highest BCUT2D eigenvalue weighted by Crippen LogP contribution is 2.39. The Labute approximate surface area is 148 Å². The minimum atomic E-state index is -0.00594. The lowest BCUT2D eigenvalue weighted by molar-refractivity contribution is -0.118. The van der Waals surface area contributed by atoms with Crippen LogP contribution in [-0.4, -0.2) is 46.2 Å². The fourth-order valence-electron chi connectivity index (χ4n) is 2.22. The van der Waals surface area contributed by atoms with E-state index >= 15 is 0 Å². The molecule has 0 aliphatic heterocycles. The summed E-state index contributed by atoms with van der Waals surface area (Å²) in [6, 6.07) is 0. The van der Waals surface area contributed by atoms with Gasteiger partial charge in [0.15, 0.2) is 5.16 Å². The van der Waals surface area contributed by atoms with Crippen molar-refractivity contribution in [3.63, 3.8) is 0 Å². The van der Waals surface area contributed by atoms with Crippen LogP contribution in [0, 0.1) is 5.92 Å². The van der Waals surface area contributed by atoms with Gasteiger partial charge in [0.1, 0.15) is 5.82 Å². The van der Waals surface area contributed by atoms with E-state index in [0.29, 0.717) is 37.3 Å². The van der Waals surface area contributed by atoms with Gasteiger partial charge in [-0.2, -0.15) is 0 Å². The monoisotopic (exact) mass is 352 g/mol. The Balaban J connectivity index is 1.67. The highest BCUT2D eigenvalue weighted by atomic mass is 32.2. The van der Waals surface area contributed by atoms with Crippen molar-refractivity contribution in [1.29, 1.82) is 0 Å². The Hall–Kier alpha value is -1.34. The van der Waals surface area contributed by atoms with Gasteiger partial charge >= 0.3 is 0 Å². The largest absolute Gasteiger partial charge is 0.380 e. The molecule has 1 saturated carbocycles. The van der Waals surface area contributed by atoms with Gasteiger partial charge in [0.25, 0.3) is 0 Å². The predicted molar refractivity (Wildman–Crippen MR) is 96.2 cm³/mol. The molecule has 2 rings (SSSR count). The Kier molecular flexibility index (Phi) is 7.78. The van der Waals surface area contributed by atoms with E-state index in [4.69, 9.17) is 4.74 Å². The maximum Gasteiger partial charge on any atom is 0.230 e. The van der Waals surface area contributed by atoms with Crippen LogP contribution in [0.25, 0.3) is 0 Å². The predicted octanol–water partition coefficient (Wildman–Crippen LogP) is 2.61. The molecule has 1 aromatic rings. The van der Waals surface area contributed by atoms with E-state index in [0.717, 1.165) is 24.0 Å². The zero-order chi connectivity index (χ0) is 17.4. The van der Waals surface area contributed by atoms with Gasteiger partial charge in [-0.3, -0.25) is 4.79 Å². The number of carbonyl (C=O) groups excluding carboxylic acids is 1. The first-order chi connectivity index (χ1) is 11.6. The number of allylic oxidation sites excluding steroid dienone is 1. The minimum Gasteiger partial charge on any atom is -0.380 e. The summed E-state index contributed by atoms with van der Waals surface area (Å²) in [4.78, 5) is 11.9. The standard InChI is InChI=1S/C17H28N4O2S/c1-4-9-21-16(14-5-6-14)19-20-17(21)24-12-15(22)18-8-11-23-10-7-13(2)3/h4,13-14H,1,5-12H2,2-3H3,(H,18,22). The van der Waals surface area contributed by atoms with E-state index < -0.39 is 0 Å². The van der Waals surface area contributed by atoms with Crippen molar-refractivity contribution in [1.82, 2.24) is 20.1 Å². The number of nitrogens with one attached hydrogen (secondary N) is 1. The normalized spacial score (nSPS) is 14.1. The lowest BCUT2D eigenvalue weighted by Crippen LogP contribution is -2.29. The molecule has 0 unspecified atom stereocenters. The average Bonchev–Trinajstić information content (AvgIpc) is 3.31. The minimum absolute atomic E-state index is 0.00594. The second-order valence-electron chi connectivity index (χ2n) is 6.45. The molecule has 134 valence electrons. The smallest absolute Gasteiger partial charge is 0.230 e. The molecule has 0 radical (unpaired) electrons. The third-order valence-corrected chi connectivity index (χ3v) is 4.71. The summed E-state index contributed by atoms with van der Waals surface area (Å²) in [7, 11) is 0. The molecule has 0 saturated heterocycles. The number of hydrogen-bond donors (Lipinski definition) is 1. The van der Waals surface area contributed by atoms with Crippen molar-refractivity contribution >= 4 is 17.7 Å². The average molecular weight is 353 g/mol. The third kappa shape index (κ3) is 6.28. The van der Waals surface area contributed by atoms with Gasteiger partial charge in [-0.25, -0.2) is 0 Å². The van der Waals surface area contributed by atoms with E-state index in [9.17, 15) is 4.79 Å². The van der Waals surface area contributed by atoms with Crippen LogP contribution in [0.4, 0.5) is 0 Å². The van der Waals surface area contributed by atoms with E-state index in [-0.39, 0.29) is 5.91 Å². The van der Waals surface area contributed by atoms with E-state index in [1.807, 2.05) is 6.08 Å². The quantitative estimate of drug-likeness (QED) is 0.356. The van der Waals surface area contributed by atoms with Gasteiger partial charge < -0.3 is 14.6 Å². The lowest BCUT2D eigenvalue weighted by atomic mass is 10.1. The summed E-state index contributed by atoms with van der Waals surface area (Å²) in [5.74, 6) is 2.53. The summed E-state index contributed by atoms with van der Waals surface area (Å²) in [5, 5.41) is 12.2. The number of carbonyl (C=O) groups is 1. The van der Waals surface area contributed by atoms with Gasteiger partial charge in [0.2, 0.25) is 5.91 Å². The van der Waals surface area contributed by atoms with Crippen LogP contribution in [0.2, 0.25) is 0 Å². The zero-order valence-corrected chi connectivity index (χ0v) is 15.5. The van der Waals surface area contributed by atoms with Gasteiger partial charge in [0, 0.05) is 25.6 Å². The van der Waals surface area contributed by atoms with Gasteiger partial charge in [0.05, 0.1) is 12.4 Å². The molecule has 24 heavy (non-hydrogen) atoms. The molecule has 0 spiro atoms. The second-order valence-corrected chi connectivity index (χ2v) is 7.39. The van der Waals surface area contributed by atoms with Gasteiger partial charge in [-0.1, -0.05) is 31.7 Å². The maximum atomic E-state index is 11.9. The van der Waals surface area contributed by atoms with Crippen LogP contribution in [0.3, 0.4) is 0 Å². The fraction of sp³-hybridized carbons (Fsp3) is 0.706. The van der Waals surface area contributed by atoms with Crippen molar-refractivity contribution in [3.05, 3.63) is 18.5 Å². The zero-order valence-electron chi connectivity index (χ0n) is 14.7. The molecule has 0 aromatic carbocycles. The number of ether oxygens (including phenoxy) is 1. The molecule has 7 heteroatoms. The Morgan fingerprint density at radius 1 is 1.46 bits per heavy atom. The molecule has 1 aromatic heterocycles. The molecule has 1 aliphatic rings. The SMILES string of the molecule is C=CCn1c(SCC(=O)NCCOCCC(C)C)nnc1C1CC1. The third-order valence-electron chi connectivity index (χ3n) is 3.74. The Bertz CT molecular complexity index is 541. The van der Waals surface area contributed by atoms with E-state index in [2.05, 4.69) is 40.5 Å². The summed E-state index contributed by atoms with van der Waals surface area (Å²) < 4.78 is 7.55. The number of thioether (sulfide) groups is 1. The molecule has 0 atom stereocenters. The molecule has 1 amide bonds. The number of hydrogen-bond acceptors (Lipinski definition) is 5. The Morgan fingerprint density at radius 2 is 2.25 bits per heavy atom. The molecular weight excluding hydrogens is 324 g/mol. The van der Waals surface area contributed by atoms with Gasteiger partial charge in [-0.05, 0) is 25.2 Å². The first-order valence-corrected chi connectivity index (χ1v) is 9.61. The van der Waals surface area contributed by atoms with Crippen LogP contribution >= 0.6 is 11.8 Å². The summed E-state index contributed by atoms with van der Waals surface area (Å²) in [5.41, 5.74) is 0. The summed E-state index contributed by atoms with van der Waals surface area (Å²) in [6.07, 6.45) is 5.24. The van der Waals surface area contributed by atoms with Gasteiger partial charge in [-0.15, -0.1) is 16.8 Å². The molecule has 6 nitrogen and oxygen atoms in total. The summed E-state index contributed by atoms with van der Waals surface area (Å²) in [6.45, 7) is 10.7. The van der Waals surface area contributed by atoms with Crippen LogP contribution in [0.1, 0.15) is 44.9 Å². The summed E-state index contributed by atoms with van der Waals surface area (Å²) >= 11 is 1.42. The topological polar surface area (TPSA) is 69.0 Å². The van der Waals surface area contributed by atoms with Crippen molar-refractivity contribution in [2.75, 3.05) is 25.5 Å². The van der Waals surface area contributed by atoms with E-state index in [1.54, 1.807) is 0 Å². The van der Waals surface area contributed by atoms with Crippen molar-refractivity contribution in [2.24, 2.45) is 5.92 Å². The molecular formula is C17H28N4O2S. The maximum absolute atomic E-state index is 11.9. The van der Waals surface area contributed by atoms with Crippen molar-refractivity contribution in [3.8, 4) is 0 Å². The van der Waals surface area contributed by atoms with Crippen molar-refractivity contribution in [2.45, 2.75) is 50.7 Å². The lowest BCUT2D eigenvalue weighted by Gasteiger charge is -2.08. The molecule has 1 heterocycles. The Morgan fingerprint density at radius 3 is 2.92 bits per heavy atom. The van der Waals surface area contributed by atoms with Crippen LogP contribution < -0.4 is 5.32 Å². The number of rotatable bonds is 12. The molecule has 1 aliphatic carbocycles. The number of nitrogens with zero attached hydrogens (tertiary/aromatic N) is 3. The van der Waals surface area contributed by atoms with Crippen LogP contribution in [0.5, 0.6) is 0 Å². The number of aromatic nitrogens is 3. The first kappa shape index (κ1) is 19.0. The number of amides is 1. The van der Waals surface area contributed by atoms with E-state index in [1.165, 1.54) is 24.6 Å². The van der Waals surface area contributed by atoms with Crippen molar-refractivity contribution < 1.29 is 9.53 Å². The van der Waals surface area contributed by atoms with Crippen LogP contribution in [0.15, 0.2) is 17.8 Å². The molecule has 1 fully saturated rings. The first-order valence-electron chi connectivity index (χ1n) is 8.63. The second kappa shape index (κ2) is 9.84. The molecule has 1 N–H and O–H groups in total.